The lowest BCUT2D eigenvalue weighted by molar-refractivity contribution is -0.159. The number of fused-ring (bicyclic) bond motifs is 1. The molecule has 0 aliphatic heterocycles. The number of rotatable bonds is 4. The molecule has 2 fully saturated rings. The van der Waals surface area contributed by atoms with E-state index >= 15 is 0 Å². The minimum atomic E-state index is -0.999. The van der Waals surface area contributed by atoms with Gasteiger partial charge in [0, 0.05) is 5.92 Å². The van der Waals surface area contributed by atoms with Crippen LogP contribution in [-0.4, -0.2) is 33.0 Å². The minimum absolute atomic E-state index is 0.0506. The van der Waals surface area contributed by atoms with Crippen LogP contribution in [-0.2, 0) is 9.59 Å². The summed E-state index contributed by atoms with van der Waals surface area (Å²) < 4.78 is 0.712. The topological polar surface area (TPSA) is 117 Å². The molecule has 2 aliphatic carbocycles. The Morgan fingerprint density at radius 2 is 1.80 bits per heavy atom. The number of aromatic nitrogens is 1. The van der Waals surface area contributed by atoms with Crippen LogP contribution in [0.25, 0.3) is 10.2 Å². The molecule has 1 aromatic carbocycles. The molecule has 4 rings (SSSR count). The van der Waals surface area contributed by atoms with Gasteiger partial charge in [0.25, 0.3) is 0 Å². The van der Waals surface area contributed by atoms with E-state index in [1.54, 1.807) is 12.1 Å². The fourth-order valence-corrected chi connectivity index (χ4v) is 4.89. The number of nitrogens with zero attached hydrogens (tertiary/aromatic N) is 1. The van der Waals surface area contributed by atoms with Crippen molar-refractivity contribution in [1.29, 1.82) is 0 Å². The first-order valence-corrected chi connectivity index (χ1v) is 8.84. The monoisotopic (exact) mass is 360 g/mol. The van der Waals surface area contributed by atoms with Gasteiger partial charge in [0.05, 0.1) is 21.7 Å². The van der Waals surface area contributed by atoms with Gasteiger partial charge in [0.15, 0.2) is 5.13 Å². The lowest BCUT2D eigenvalue weighted by atomic mass is 9.48. The van der Waals surface area contributed by atoms with E-state index in [1.807, 2.05) is 0 Å². The summed E-state index contributed by atoms with van der Waals surface area (Å²) in [5, 5.41) is 21.2. The van der Waals surface area contributed by atoms with Gasteiger partial charge in [-0.05, 0) is 49.3 Å². The summed E-state index contributed by atoms with van der Waals surface area (Å²) in [6.07, 6.45) is 2.81. The van der Waals surface area contributed by atoms with Crippen molar-refractivity contribution < 1.29 is 24.6 Å². The summed E-state index contributed by atoms with van der Waals surface area (Å²) in [5.74, 6) is -2.19. The molecule has 2 aliphatic rings. The molecular formula is C17H16N2O5S. The highest BCUT2D eigenvalue weighted by Gasteiger charge is 2.56. The van der Waals surface area contributed by atoms with Crippen LogP contribution in [0, 0.1) is 17.3 Å². The molecule has 1 heterocycles. The third-order valence-electron chi connectivity index (χ3n) is 5.30. The highest BCUT2D eigenvalue weighted by atomic mass is 32.1. The van der Waals surface area contributed by atoms with E-state index in [1.165, 1.54) is 17.4 Å². The van der Waals surface area contributed by atoms with Crippen LogP contribution in [0.2, 0.25) is 0 Å². The summed E-state index contributed by atoms with van der Waals surface area (Å²) in [6.45, 7) is 0. The zero-order chi connectivity index (χ0) is 17.8. The summed E-state index contributed by atoms with van der Waals surface area (Å²) in [5.41, 5.74) is 0.890. The Balaban J connectivity index is 1.38. The third kappa shape index (κ3) is 2.76. The molecule has 1 spiro atoms. The third-order valence-corrected chi connectivity index (χ3v) is 6.24. The van der Waals surface area contributed by atoms with E-state index in [9.17, 15) is 14.4 Å². The van der Waals surface area contributed by atoms with E-state index in [0.717, 1.165) is 12.8 Å². The fourth-order valence-electron chi connectivity index (χ4n) is 3.98. The Hall–Kier alpha value is -2.48. The van der Waals surface area contributed by atoms with E-state index in [-0.39, 0.29) is 28.7 Å². The normalized spacial score (nSPS) is 27.5. The number of carbonyl (C=O) groups is 3. The van der Waals surface area contributed by atoms with Crippen molar-refractivity contribution in [3.05, 3.63) is 23.8 Å². The van der Waals surface area contributed by atoms with Crippen molar-refractivity contribution in [2.75, 3.05) is 5.32 Å². The molecule has 0 saturated heterocycles. The first-order chi connectivity index (χ1) is 11.8. The van der Waals surface area contributed by atoms with Crippen molar-refractivity contribution in [1.82, 2.24) is 4.98 Å². The number of hydrogen-bond acceptors (Lipinski definition) is 5. The van der Waals surface area contributed by atoms with E-state index < -0.39 is 11.9 Å². The molecule has 0 unspecified atom stereocenters. The number of carbonyl (C=O) groups excluding carboxylic acids is 1. The van der Waals surface area contributed by atoms with E-state index in [4.69, 9.17) is 10.2 Å². The highest BCUT2D eigenvalue weighted by molar-refractivity contribution is 7.22. The van der Waals surface area contributed by atoms with Crippen LogP contribution in [0.3, 0.4) is 0 Å². The standard InChI is InChI=1S/C17H16N2O5S/c20-13(9-4-17(5-9)6-10(7-17)15(23)24)19-16-18-11-2-1-8(14(21)22)3-12(11)25-16/h1-3,9-10H,4-7H2,(H,21,22)(H,23,24)(H,18,19,20). The van der Waals surface area contributed by atoms with Crippen molar-refractivity contribution in [3.8, 4) is 0 Å². The SMILES string of the molecule is O=C(O)c1ccc2nc(NC(=O)C3CC4(CC(C(=O)O)C4)C3)sc2c1. The summed E-state index contributed by atoms with van der Waals surface area (Å²) >= 11 is 1.25. The summed E-state index contributed by atoms with van der Waals surface area (Å²) in [6, 6.07) is 4.66. The molecule has 2 aromatic rings. The first-order valence-electron chi connectivity index (χ1n) is 8.03. The Bertz CT molecular complexity index is 892. The number of thiazole rings is 1. The summed E-state index contributed by atoms with van der Waals surface area (Å²) in [4.78, 5) is 38.5. The molecule has 1 amide bonds. The smallest absolute Gasteiger partial charge is 0.335 e. The number of benzene rings is 1. The fraction of sp³-hybridized carbons (Fsp3) is 0.412. The number of carboxylic acid groups (broad SMARTS) is 2. The van der Waals surface area contributed by atoms with Crippen molar-refractivity contribution in [2.45, 2.75) is 25.7 Å². The van der Waals surface area contributed by atoms with E-state index in [2.05, 4.69) is 10.3 Å². The highest BCUT2D eigenvalue weighted by Crippen LogP contribution is 2.61. The largest absolute Gasteiger partial charge is 0.481 e. The van der Waals surface area contributed by atoms with Gasteiger partial charge in [-0.15, -0.1) is 0 Å². The molecule has 25 heavy (non-hydrogen) atoms. The Morgan fingerprint density at radius 1 is 1.12 bits per heavy atom. The zero-order valence-corrected chi connectivity index (χ0v) is 14.0. The Morgan fingerprint density at radius 3 is 2.44 bits per heavy atom. The van der Waals surface area contributed by atoms with Gasteiger partial charge in [-0.25, -0.2) is 9.78 Å². The maximum atomic E-state index is 12.3. The van der Waals surface area contributed by atoms with E-state index in [0.29, 0.717) is 28.2 Å². The molecule has 0 atom stereocenters. The average molecular weight is 360 g/mol. The first kappa shape index (κ1) is 16.0. The molecule has 0 radical (unpaired) electrons. The van der Waals surface area contributed by atoms with Gasteiger partial charge in [0.1, 0.15) is 0 Å². The van der Waals surface area contributed by atoms with Gasteiger partial charge in [-0.2, -0.15) is 0 Å². The van der Waals surface area contributed by atoms with Gasteiger partial charge >= 0.3 is 11.9 Å². The van der Waals surface area contributed by atoms with Crippen LogP contribution in [0.15, 0.2) is 18.2 Å². The molecule has 7 nitrogen and oxygen atoms in total. The molecule has 8 heteroatoms. The zero-order valence-electron chi connectivity index (χ0n) is 13.2. The van der Waals surface area contributed by atoms with Gasteiger partial charge in [-0.3, -0.25) is 9.59 Å². The molecular weight excluding hydrogens is 344 g/mol. The number of carboxylic acids is 2. The predicted octanol–water partition coefficient (Wildman–Crippen LogP) is 2.82. The second kappa shape index (κ2) is 5.52. The maximum absolute atomic E-state index is 12.3. The number of nitrogens with one attached hydrogen (secondary N) is 1. The molecule has 1 aromatic heterocycles. The van der Waals surface area contributed by atoms with Crippen LogP contribution < -0.4 is 5.32 Å². The predicted molar refractivity (Wildman–Crippen MR) is 90.7 cm³/mol. The number of anilines is 1. The average Bonchev–Trinajstić information content (AvgIpc) is 2.84. The van der Waals surface area contributed by atoms with Gasteiger partial charge < -0.3 is 15.5 Å². The second-order valence-electron chi connectivity index (χ2n) is 7.04. The Kier molecular flexibility index (Phi) is 3.54. The Labute approximate surface area is 146 Å². The van der Waals surface area contributed by atoms with Crippen LogP contribution >= 0.6 is 11.3 Å². The van der Waals surface area contributed by atoms with Gasteiger partial charge in [-0.1, -0.05) is 11.3 Å². The lowest BCUT2D eigenvalue weighted by Crippen LogP contribution is -2.52. The second-order valence-corrected chi connectivity index (χ2v) is 8.08. The molecule has 3 N–H and O–H groups in total. The quantitative estimate of drug-likeness (QED) is 0.772. The van der Waals surface area contributed by atoms with Crippen molar-refractivity contribution >= 4 is 44.5 Å². The van der Waals surface area contributed by atoms with Gasteiger partial charge in [0.2, 0.25) is 5.91 Å². The van der Waals surface area contributed by atoms with Crippen molar-refractivity contribution in [2.24, 2.45) is 17.3 Å². The minimum Gasteiger partial charge on any atom is -0.481 e. The molecule has 2 saturated carbocycles. The van der Waals surface area contributed by atoms with Crippen LogP contribution in [0.1, 0.15) is 36.0 Å². The summed E-state index contributed by atoms with van der Waals surface area (Å²) in [7, 11) is 0. The number of hydrogen-bond donors (Lipinski definition) is 3. The maximum Gasteiger partial charge on any atom is 0.335 e. The molecule has 0 bridgehead atoms. The van der Waals surface area contributed by atoms with Crippen molar-refractivity contribution in [3.63, 3.8) is 0 Å². The lowest BCUT2D eigenvalue weighted by Gasteiger charge is -2.56. The number of aromatic carboxylic acids is 1. The number of amides is 1. The van der Waals surface area contributed by atoms with Crippen LogP contribution in [0.5, 0.6) is 0 Å². The number of aliphatic carboxylic acids is 1. The van der Waals surface area contributed by atoms with Crippen LogP contribution in [0.4, 0.5) is 5.13 Å². The molecule has 130 valence electrons.